The Morgan fingerprint density at radius 1 is 1.26 bits per heavy atom. The quantitative estimate of drug-likeness (QED) is 0.886. The van der Waals surface area contributed by atoms with Crippen LogP contribution < -0.4 is 5.73 Å². The van der Waals surface area contributed by atoms with E-state index in [0.717, 1.165) is 0 Å². The Bertz CT molecular complexity index is 567. The lowest BCUT2D eigenvalue weighted by atomic mass is 9.97. The van der Waals surface area contributed by atoms with Crippen molar-refractivity contribution in [3.8, 4) is 0 Å². The topological polar surface area (TPSA) is 45.1 Å². The van der Waals surface area contributed by atoms with Crippen molar-refractivity contribution < 1.29 is 0 Å². The smallest absolute Gasteiger partial charge is 0.0488 e. The summed E-state index contributed by atoms with van der Waals surface area (Å²) >= 11 is 0. The van der Waals surface area contributed by atoms with Crippen molar-refractivity contribution in [3.05, 3.63) is 35.0 Å². The molecule has 0 amide bonds. The normalized spacial score (nSPS) is 13.7. The number of nitrogens with zero attached hydrogens (tertiary/aromatic N) is 1. The Morgan fingerprint density at radius 3 is 2.47 bits per heavy atom. The molecular weight excluding hydrogens is 234 g/mol. The van der Waals surface area contributed by atoms with Crippen molar-refractivity contribution in [2.45, 2.75) is 32.7 Å². The molecule has 3 N–H and O–H groups in total. The molecule has 0 aliphatic rings. The van der Waals surface area contributed by atoms with Crippen LogP contribution in [0.2, 0.25) is 0 Å². The molecule has 2 rings (SSSR count). The van der Waals surface area contributed by atoms with Crippen LogP contribution in [-0.2, 0) is 0 Å². The van der Waals surface area contributed by atoms with Crippen LogP contribution in [0.3, 0.4) is 0 Å². The first-order chi connectivity index (χ1) is 8.95. The largest absolute Gasteiger partial charge is 0.358 e. The predicted octanol–water partition coefficient (Wildman–Crippen LogP) is 3.16. The van der Waals surface area contributed by atoms with Gasteiger partial charge in [0.1, 0.15) is 0 Å². The van der Waals surface area contributed by atoms with E-state index in [1.165, 1.54) is 27.7 Å². The second-order valence-corrected chi connectivity index (χ2v) is 5.84. The highest BCUT2D eigenvalue weighted by molar-refractivity contribution is 5.86. The highest BCUT2D eigenvalue weighted by atomic mass is 15.1. The average molecular weight is 259 g/mol. The van der Waals surface area contributed by atoms with Crippen molar-refractivity contribution >= 4 is 10.9 Å². The first kappa shape index (κ1) is 14.1. The molecule has 0 saturated carbocycles. The zero-order valence-corrected chi connectivity index (χ0v) is 12.6. The van der Waals surface area contributed by atoms with Gasteiger partial charge in [-0.1, -0.05) is 19.9 Å². The Balaban J connectivity index is 2.64. The number of hydrogen-bond donors (Lipinski definition) is 2. The van der Waals surface area contributed by atoms with Crippen LogP contribution in [-0.4, -0.2) is 30.5 Å². The molecule has 0 radical (unpaired) electrons. The molecular formula is C16H25N3. The van der Waals surface area contributed by atoms with Gasteiger partial charge >= 0.3 is 0 Å². The maximum absolute atomic E-state index is 5.97. The number of rotatable bonds is 4. The lowest BCUT2D eigenvalue weighted by molar-refractivity contribution is 0.307. The van der Waals surface area contributed by atoms with Gasteiger partial charge in [-0.3, -0.25) is 0 Å². The summed E-state index contributed by atoms with van der Waals surface area (Å²) in [6, 6.07) is 6.96. The van der Waals surface area contributed by atoms with Gasteiger partial charge < -0.3 is 15.6 Å². The van der Waals surface area contributed by atoms with E-state index in [-0.39, 0.29) is 6.04 Å². The molecule has 3 nitrogen and oxygen atoms in total. The van der Waals surface area contributed by atoms with Gasteiger partial charge in [0.15, 0.2) is 0 Å². The number of aromatic amines is 1. The van der Waals surface area contributed by atoms with Crippen molar-refractivity contribution in [3.63, 3.8) is 0 Å². The van der Waals surface area contributed by atoms with Crippen molar-refractivity contribution in [1.82, 2.24) is 9.88 Å². The van der Waals surface area contributed by atoms with Crippen LogP contribution in [0.15, 0.2) is 18.2 Å². The average Bonchev–Trinajstić information content (AvgIpc) is 2.66. The van der Waals surface area contributed by atoms with Crippen LogP contribution in [0.1, 0.15) is 42.6 Å². The molecule has 0 aliphatic heterocycles. The number of fused-ring (bicyclic) bond motifs is 1. The molecule has 19 heavy (non-hydrogen) atoms. The second kappa shape index (κ2) is 5.35. The van der Waals surface area contributed by atoms with Gasteiger partial charge in [0.2, 0.25) is 0 Å². The summed E-state index contributed by atoms with van der Waals surface area (Å²) in [5.41, 5.74) is 11.1. The summed E-state index contributed by atoms with van der Waals surface area (Å²) in [6.45, 7) is 7.22. The number of nitrogens with two attached hydrogens (primary N) is 1. The number of hydrogen-bond acceptors (Lipinski definition) is 2. The Hall–Kier alpha value is -1.32. The lowest BCUT2D eigenvalue weighted by Crippen LogP contribution is -2.27. The van der Waals surface area contributed by atoms with E-state index >= 15 is 0 Å². The van der Waals surface area contributed by atoms with E-state index in [1.807, 2.05) is 0 Å². The molecule has 0 fully saturated rings. The number of likely N-dealkylation sites (N-methyl/N-ethyl adjacent to an activating group) is 1. The van der Waals surface area contributed by atoms with E-state index in [1.54, 1.807) is 0 Å². The van der Waals surface area contributed by atoms with Gasteiger partial charge in [0.25, 0.3) is 0 Å². The summed E-state index contributed by atoms with van der Waals surface area (Å²) in [7, 11) is 4.17. The van der Waals surface area contributed by atoms with Crippen LogP contribution in [0.4, 0.5) is 0 Å². The maximum atomic E-state index is 5.97. The van der Waals surface area contributed by atoms with Gasteiger partial charge in [0.05, 0.1) is 0 Å². The number of aromatic nitrogens is 1. The highest BCUT2D eigenvalue weighted by Gasteiger charge is 2.20. The third kappa shape index (κ3) is 2.53. The van der Waals surface area contributed by atoms with Crippen LogP contribution in [0.5, 0.6) is 0 Å². The molecule has 0 saturated heterocycles. The van der Waals surface area contributed by atoms with Gasteiger partial charge in [-0.2, -0.15) is 0 Å². The standard InChI is InChI=1S/C16H25N3/c1-10(2)12-6-7-14-13(8-12)16(11(3)18-14)15(9-17)19(4)5/h6-8,10,15,18H,9,17H2,1-5H3. The van der Waals surface area contributed by atoms with Crippen molar-refractivity contribution in [2.24, 2.45) is 5.73 Å². The zero-order chi connectivity index (χ0) is 14.2. The number of benzene rings is 1. The molecule has 0 bridgehead atoms. The van der Waals surface area contributed by atoms with E-state index in [9.17, 15) is 0 Å². The van der Waals surface area contributed by atoms with Crippen LogP contribution in [0, 0.1) is 6.92 Å². The molecule has 1 aromatic carbocycles. The second-order valence-electron chi connectivity index (χ2n) is 5.84. The summed E-state index contributed by atoms with van der Waals surface area (Å²) in [5.74, 6) is 0.545. The van der Waals surface area contributed by atoms with Crippen LogP contribution >= 0.6 is 0 Å². The minimum Gasteiger partial charge on any atom is -0.358 e. The maximum Gasteiger partial charge on any atom is 0.0488 e. The van der Waals surface area contributed by atoms with Gasteiger partial charge in [-0.15, -0.1) is 0 Å². The molecule has 1 heterocycles. The van der Waals surface area contributed by atoms with E-state index in [2.05, 4.69) is 62.9 Å². The molecule has 1 unspecified atom stereocenters. The fraction of sp³-hybridized carbons (Fsp3) is 0.500. The minimum atomic E-state index is 0.260. The SMILES string of the molecule is Cc1[nH]c2ccc(C(C)C)cc2c1C(CN)N(C)C. The van der Waals surface area contributed by atoms with Crippen LogP contribution in [0.25, 0.3) is 10.9 Å². The fourth-order valence-corrected chi connectivity index (χ4v) is 2.74. The lowest BCUT2D eigenvalue weighted by Gasteiger charge is -2.23. The van der Waals surface area contributed by atoms with Crippen molar-refractivity contribution in [1.29, 1.82) is 0 Å². The summed E-state index contributed by atoms with van der Waals surface area (Å²) in [5, 5.41) is 1.31. The number of H-pyrrole nitrogens is 1. The molecule has 0 spiro atoms. The summed E-state index contributed by atoms with van der Waals surface area (Å²) < 4.78 is 0. The molecule has 0 aliphatic carbocycles. The van der Waals surface area contributed by atoms with Gasteiger partial charge in [-0.25, -0.2) is 0 Å². The first-order valence-corrected chi connectivity index (χ1v) is 6.94. The predicted molar refractivity (Wildman–Crippen MR) is 82.6 cm³/mol. The zero-order valence-electron chi connectivity index (χ0n) is 12.6. The fourth-order valence-electron chi connectivity index (χ4n) is 2.74. The number of aryl methyl sites for hydroxylation is 1. The van der Waals surface area contributed by atoms with Gasteiger partial charge in [0, 0.05) is 29.2 Å². The molecule has 104 valence electrons. The first-order valence-electron chi connectivity index (χ1n) is 6.94. The van der Waals surface area contributed by atoms with Crippen molar-refractivity contribution in [2.75, 3.05) is 20.6 Å². The highest BCUT2D eigenvalue weighted by Crippen LogP contribution is 2.31. The van der Waals surface area contributed by atoms with E-state index in [0.29, 0.717) is 12.5 Å². The van der Waals surface area contributed by atoms with Gasteiger partial charge in [-0.05, 0) is 50.2 Å². The third-order valence-corrected chi connectivity index (χ3v) is 3.91. The summed E-state index contributed by atoms with van der Waals surface area (Å²) in [6.07, 6.45) is 0. The molecule has 1 aromatic heterocycles. The molecule has 3 heteroatoms. The number of nitrogens with one attached hydrogen (secondary N) is 1. The van der Waals surface area contributed by atoms with E-state index < -0.39 is 0 Å². The minimum absolute atomic E-state index is 0.260. The molecule has 1 atom stereocenters. The van der Waals surface area contributed by atoms with E-state index in [4.69, 9.17) is 5.73 Å². The molecule has 2 aromatic rings. The Labute approximate surface area is 115 Å². The third-order valence-electron chi connectivity index (χ3n) is 3.91. The summed E-state index contributed by atoms with van der Waals surface area (Å²) in [4.78, 5) is 5.67. The Kier molecular flexibility index (Phi) is 3.97. The Morgan fingerprint density at radius 2 is 1.95 bits per heavy atom. The monoisotopic (exact) mass is 259 g/mol.